The number of aromatic nitrogens is 3. The van der Waals surface area contributed by atoms with E-state index >= 15 is 0 Å². The number of anilines is 3. The molecule has 3 heterocycles. The van der Waals surface area contributed by atoms with Crippen molar-refractivity contribution in [3.05, 3.63) is 70.1 Å². The van der Waals surface area contributed by atoms with Gasteiger partial charge in [-0.1, -0.05) is 11.6 Å². The molecule has 1 N–H and O–H groups in total. The second-order valence-corrected chi connectivity index (χ2v) is 11.8. The van der Waals surface area contributed by atoms with Crippen molar-refractivity contribution in [1.29, 1.82) is 0 Å². The van der Waals surface area contributed by atoms with Gasteiger partial charge in [-0.05, 0) is 74.4 Å². The van der Waals surface area contributed by atoms with Gasteiger partial charge in [0.15, 0.2) is 4.90 Å². The van der Waals surface area contributed by atoms with Crippen molar-refractivity contribution in [3.63, 3.8) is 0 Å². The van der Waals surface area contributed by atoms with Crippen LogP contribution in [-0.2, 0) is 17.7 Å². The van der Waals surface area contributed by atoms with Crippen molar-refractivity contribution in [2.45, 2.75) is 38.3 Å². The van der Waals surface area contributed by atoms with Crippen LogP contribution < -0.4 is 15.8 Å². The number of halogens is 1. The highest BCUT2D eigenvalue weighted by molar-refractivity contribution is 7.90. The summed E-state index contributed by atoms with van der Waals surface area (Å²) in [5.74, 6) is 0.419. The van der Waals surface area contributed by atoms with E-state index in [0.717, 1.165) is 37.3 Å². The van der Waals surface area contributed by atoms with Crippen LogP contribution in [0.4, 0.5) is 17.3 Å². The molecular weight excluding hydrogens is 532 g/mol. The molecule has 10 heteroatoms. The van der Waals surface area contributed by atoms with Crippen LogP contribution in [0, 0.1) is 0 Å². The Morgan fingerprint density at radius 2 is 1.77 bits per heavy atom. The number of aryl methyl sites for hydroxylation is 1. The van der Waals surface area contributed by atoms with Gasteiger partial charge in [-0.15, -0.1) is 0 Å². The molecule has 0 amide bonds. The van der Waals surface area contributed by atoms with Crippen LogP contribution in [0.1, 0.15) is 20.8 Å². The molecule has 0 bridgehead atoms. The Morgan fingerprint density at radius 3 is 2.38 bits per heavy atom. The Hall–Kier alpha value is -3.11. The van der Waals surface area contributed by atoms with E-state index < -0.39 is 11.2 Å². The highest BCUT2D eigenvalue weighted by Crippen LogP contribution is 2.30. The summed E-state index contributed by atoms with van der Waals surface area (Å²) in [6, 6.07) is 15.8. The number of piperazine rings is 1. The van der Waals surface area contributed by atoms with Crippen molar-refractivity contribution in [2.75, 3.05) is 42.7 Å². The van der Waals surface area contributed by atoms with Crippen LogP contribution in [0.2, 0.25) is 5.02 Å². The molecule has 1 saturated heterocycles. The molecule has 0 saturated carbocycles. The lowest BCUT2D eigenvalue weighted by Gasteiger charge is -2.38. The highest BCUT2D eigenvalue weighted by Gasteiger charge is 2.19. The van der Waals surface area contributed by atoms with Crippen molar-refractivity contribution in [3.8, 4) is 11.1 Å². The van der Waals surface area contributed by atoms with E-state index in [0.29, 0.717) is 45.2 Å². The lowest BCUT2D eigenvalue weighted by Crippen LogP contribution is -2.48. The Balaban J connectivity index is 1.39. The van der Waals surface area contributed by atoms with E-state index in [2.05, 4.69) is 51.1 Å². The lowest BCUT2D eigenvalue weighted by molar-refractivity contribution is 0.209. The summed E-state index contributed by atoms with van der Waals surface area (Å²) >= 11 is 5.33. The lowest BCUT2D eigenvalue weighted by atomic mass is 10.1. The average Bonchev–Trinajstić information content (AvgIpc) is 2.93. The van der Waals surface area contributed by atoms with E-state index in [-0.39, 0.29) is 5.56 Å². The summed E-state index contributed by atoms with van der Waals surface area (Å²) < 4.78 is 13.5. The molecule has 0 radical (unpaired) electrons. The molecular formula is C29H33ClN6O2S. The van der Waals surface area contributed by atoms with E-state index in [1.54, 1.807) is 41.3 Å². The van der Waals surface area contributed by atoms with Crippen LogP contribution in [0.3, 0.4) is 0 Å². The van der Waals surface area contributed by atoms with Crippen molar-refractivity contribution in [2.24, 2.45) is 0 Å². The minimum atomic E-state index is -1.16. The van der Waals surface area contributed by atoms with Crippen LogP contribution in [0.25, 0.3) is 22.2 Å². The molecule has 2 aromatic carbocycles. The Morgan fingerprint density at radius 1 is 1.05 bits per heavy atom. The number of rotatable bonds is 7. The van der Waals surface area contributed by atoms with Gasteiger partial charge in [-0.25, -0.2) is 4.98 Å². The minimum Gasteiger partial charge on any atom is -0.612 e. The fraction of sp³-hybridized carbons (Fsp3) is 0.345. The first kappa shape index (κ1) is 27.5. The standard InChI is InChI=1S/C29H33ClN6O2S/c1-5-36-27-20(16-25(28(36)37)24-11-10-23(39(4)38)17-26(24)30)18-31-29(33-27)32-21-6-8-22(9-7-21)35-14-12-34(13-15-35)19(2)3/h6-11,16-19H,5,12-15H2,1-4H3,(H,31,32,33). The molecule has 5 rings (SSSR count). The normalized spacial score (nSPS) is 15.2. The second kappa shape index (κ2) is 11.6. The molecule has 1 unspecified atom stereocenters. The van der Waals surface area contributed by atoms with E-state index in [1.807, 2.05) is 19.1 Å². The zero-order valence-electron chi connectivity index (χ0n) is 22.6. The van der Waals surface area contributed by atoms with Gasteiger partial charge in [-0.3, -0.25) is 14.3 Å². The summed E-state index contributed by atoms with van der Waals surface area (Å²) in [6.07, 6.45) is 3.31. The number of pyridine rings is 1. The average molecular weight is 565 g/mol. The smallest absolute Gasteiger partial charge is 0.260 e. The molecule has 204 valence electrons. The number of nitrogens with one attached hydrogen (secondary N) is 1. The Kier molecular flexibility index (Phi) is 8.13. The third-order valence-electron chi connectivity index (χ3n) is 7.24. The van der Waals surface area contributed by atoms with Crippen LogP contribution in [0.15, 0.2) is 64.4 Å². The van der Waals surface area contributed by atoms with Gasteiger partial charge in [0, 0.05) is 78.9 Å². The third-order valence-corrected chi connectivity index (χ3v) is 8.47. The summed E-state index contributed by atoms with van der Waals surface area (Å²) in [5.41, 5.74) is 3.48. The van der Waals surface area contributed by atoms with Crippen LogP contribution in [-0.4, -0.2) is 62.5 Å². The maximum atomic E-state index is 13.5. The predicted molar refractivity (Wildman–Crippen MR) is 161 cm³/mol. The zero-order chi connectivity index (χ0) is 27.7. The first-order chi connectivity index (χ1) is 18.7. The van der Waals surface area contributed by atoms with Crippen molar-refractivity contribution < 1.29 is 4.55 Å². The maximum absolute atomic E-state index is 13.5. The first-order valence-corrected chi connectivity index (χ1v) is 15.1. The molecule has 1 aliphatic heterocycles. The van der Waals surface area contributed by atoms with Gasteiger partial charge in [0.2, 0.25) is 5.95 Å². The molecule has 1 aliphatic rings. The topological polar surface area (TPSA) is 89.3 Å². The number of fused-ring (bicyclic) bond motifs is 1. The molecule has 0 aliphatic carbocycles. The quantitative estimate of drug-likeness (QED) is 0.311. The largest absolute Gasteiger partial charge is 0.612 e. The van der Waals surface area contributed by atoms with Crippen molar-refractivity contribution in [1.82, 2.24) is 19.4 Å². The molecule has 0 spiro atoms. The molecule has 1 atom stereocenters. The number of nitrogens with zero attached hydrogens (tertiary/aromatic N) is 5. The van der Waals surface area contributed by atoms with Gasteiger partial charge >= 0.3 is 0 Å². The fourth-order valence-corrected chi connectivity index (χ4v) is 5.87. The zero-order valence-corrected chi connectivity index (χ0v) is 24.2. The fourth-order valence-electron chi connectivity index (χ4n) is 4.98. The van der Waals surface area contributed by atoms with Gasteiger partial charge in [-0.2, -0.15) is 4.98 Å². The SMILES string of the molecule is CCn1c(=O)c(-c2ccc([S+](C)[O-])cc2Cl)cc2cnc(Nc3ccc(N4CCN(C(C)C)CC4)cc3)nc21. The Bertz CT molecular complexity index is 1530. The highest BCUT2D eigenvalue weighted by atomic mass is 35.5. The van der Waals surface area contributed by atoms with Gasteiger partial charge in [0.25, 0.3) is 5.56 Å². The second-order valence-electron chi connectivity index (χ2n) is 9.96. The maximum Gasteiger partial charge on any atom is 0.260 e. The molecule has 39 heavy (non-hydrogen) atoms. The summed E-state index contributed by atoms with van der Waals surface area (Å²) in [5, 5.41) is 4.39. The number of hydrogen-bond donors (Lipinski definition) is 1. The van der Waals surface area contributed by atoms with E-state index in [4.69, 9.17) is 11.6 Å². The van der Waals surface area contributed by atoms with Gasteiger partial charge in [0.05, 0.1) is 5.02 Å². The summed E-state index contributed by atoms with van der Waals surface area (Å²) in [6.45, 7) is 11.0. The van der Waals surface area contributed by atoms with E-state index in [1.165, 1.54) is 5.69 Å². The monoisotopic (exact) mass is 564 g/mol. The summed E-state index contributed by atoms with van der Waals surface area (Å²) in [7, 11) is 0. The molecule has 1 fully saturated rings. The predicted octanol–water partition coefficient (Wildman–Crippen LogP) is 5.14. The molecule has 2 aromatic heterocycles. The van der Waals surface area contributed by atoms with Crippen molar-refractivity contribution >= 4 is 51.1 Å². The first-order valence-electron chi connectivity index (χ1n) is 13.1. The van der Waals surface area contributed by atoms with E-state index in [9.17, 15) is 9.35 Å². The molecule has 8 nitrogen and oxygen atoms in total. The summed E-state index contributed by atoms with van der Waals surface area (Å²) in [4.78, 5) is 28.2. The van der Waals surface area contributed by atoms with Gasteiger partial charge in [0.1, 0.15) is 11.9 Å². The minimum absolute atomic E-state index is 0.191. The number of hydrogen-bond acceptors (Lipinski definition) is 7. The Labute approximate surface area is 236 Å². The van der Waals surface area contributed by atoms with Gasteiger partial charge < -0.3 is 14.8 Å². The molecule has 4 aromatic rings. The third kappa shape index (κ3) is 5.77. The van der Waals surface area contributed by atoms with Crippen LogP contribution in [0.5, 0.6) is 0 Å². The number of benzene rings is 2. The van der Waals surface area contributed by atoms with Crippen LogP contribution >= 0.6 is 11.6 Å².